The van der Waals surface area contributed by atoms with E-state index in [4.69, 9.17) is 0 Å². The summed E-state index contributed by atoms with van der Waals surface area (Å²) in [6.07, 6.45) is 0.254. The van der Waals surface area contributed by atoms with Crippen LogP contribution in [0.1, 0.15) is 28.7 Å². The van der Waals surface area contributed by atoms with Crippen molar-refractivity contribution in [3.8, 4) is 0 Å². The summed E-state index contributed by atoms with van der Waals surface area (Å²) in [5.41, 5.74) is 6.13. The highest BCUT2D eigenvalue weighted by atomic mass is 16.2. The first kappa shape index (κ1) is 17.2. The van der Waals surface area contributed by atoms with Gasteiger partial charge in [0.15, 0.2) is 0 Å². The molecule has 2 aromatic carbocycles. The van der Waals surface area contributed by atoms with Crippen LogP contribution >= 0.6 is 0 Å². The van der Waals surface area contributed by atoms with Gasteiger partial charge in [-0.1, -0.05) is 35.4 Å². The molecule has 0 bridgehead atoms. The number of nitrogens with one attached hydrogen (secondary N) is 1. The molecule has 2 aromatic rings. The molecule has 0 unspecified atom stereocenters. The van der Waals surface area contributed by atoms with Gasteiger partial charge < -0.3 is 10.2 Å². The van der Waals surface area contributed by atoms with Crippen LogP contribution in [0.5, 0.6) is 0 Å². The van der Waals surface area contributed by atoms with Crippen LogP contribution in [0.3, 0.4) is 0 Å². The number of aryl methyl sites for hydroxylation is 4. The van der Waals surface area contributed by atoms with Crippen LogP contribution in [0, 0.1) is 33.6 Å². The van der Waals surface area contributed by atoms with Crippen molar-refractivity contribution in [2.45, 2.75) is 34.1 Å². The monoisotopic (exact) mass is 336 g/mol. The summed E-state index contributed by atoms with van der Waals surface area (Å²) >= 11 is 0. The van der Waals surface area contributed by atoms with Gasteiger partial charge in [-0.3, -0.25) is 9.59 Å². The van der Waals surface area contributed by atoms with E-state index < -0.39 is 0 Å². The van der Waals surface area contributed by atoms with E-state index in [9.17, 15) is 9.59 Å². The molecule has 0 aromatic heterocycles. The molecule has 0 spiro atoms. The Labute approximate surface area is 148 Å². The van der Waals surface area contributed by atoms with E-state index in [2.05, 4.69) is 17.4 Å². The summed E-state index contributed by atoms with van der Waals surface area (Å²) in [7, 11) is 0. The summed E-state index contributed by atoms with van der Waals surface area (Å²) in [5, 5.41) is 3.03. The van der Waals surface area contributed by atoms with Crippen LogP contribution in [0.4, 0.5) is 11.4 Å². The Kier molecular flexibility index (Phi) is 4.62. The van der Waals surface area contributed by atoms with Gasteiger partial charge in [0, 0.05) is 24.3 Å². The molecule has 2 amide bonds. The predicted octanol–water partition coefficient (Wildman–Crippen LogP) is 3.91. The largest absolute Gasteiger partial charge is 0.325 e. The first-order valence-corrected chi connectivity index (χ1v) is 8.61. The molecule has 1 heterocycles. The van der Waals surface area contributed by atoms with E-state index in [1.165, 1.54) is 5.56 Å². The van der Waals surface area contributed by atoms with Gasteiger partial charge in [-0.25, -0.2) is 0 Å². The molecule has 4 heteroatoms. The number of carbonyl (C=O) groups is 2. The van der Waals surface area contributed by atoms with Crippen LogP contribution in [-0.2, 0) is 9.59 Å². The molecule has 1 aliphatic rings. The zero-order valence-corrected chi connectivity index (χ0v) is 15.2. The first-order valence-electron chi connectivity index (χ1n) is 8.61. The van der Waals surface area contributed by atoms with Gasteiger partial charge in [0.25, 0.3) is 0 Å². The van der Waals surface area contributed by atoms with Crippen LogP contribution in [0.2, 0.25) is 0 Å². The van der Waals surface area contributed by atoms with Crippen molar-refractivity contribution >= 4 is 23.2 Å². The average Bonchev–Trinajstić information content (AvgIpc) is 2.93. The maximum atomic E-state index is 12.7. The number of amides is 2. The molecule has 1 aliphatic heterocycles. The summed E-state index contributed by atoms with van der Waals surface area (Å²) < 4.78 is 0. The van der Waals surface area contributed by atoms with Gasteiger partial charge in [-0.05, 0) is 51.0 Å². The topological polar surface area (TPSA) is 49.4 Å². The molecule has 0 saturated carbocycles. The Balaban J connectivity index is 1.74. The lowest BCUT2D eigenvalue weighted by Gasteiger charge is -2.18. The third-order valence-electron chi connectivity index (χ3n) is 4.77. The second-order valence-corrected chi connectivity index (χ2v) is 7.00. The molecule has 1 fully saturated rings. The van der Waals surface area contributed by atoms with Crippen molar-refractivity contribution in [3.63, 3.8) is 0 Å². The lowest BCUT2D eigenvalue weighted by atomic mass is 10.0. The first-order chi connectivity index (χ1) is 11.8. The van der Waals surface area contributed by atoms with Crippen LogP contribution < -0.4 is 10.2 Å². The second-order valence-electron chi connectivity index (χ2n) is 7.00. The molecule has 130 valence electrons. The Bertz CT molecular complexity index is 801. The summed E-state index contributed by atoms with van der Waals surface area (Å²) in [6, 6.07) is 11.9. The summed E-state index contributed by atoms with van der Waals surface area (Å²) in [5.74, 6) is -0.409. The molecule has 3 rings (SSSR count). The fraction of sp³-hybridized carbons (Fsp3) is 0.333. The number of hydrogen-bond acceptors (Lipinski definition) is 2. The minimum atomic E-state index is -0.325. The van der Waals surface area contributed by atoms with Crippen molar-refractivity contribution in [2.24, 2.45) is 5.92 Å². The fourth-order valence-corrected chi connectivity index (χ4v) is 3.46. The number of benzene rings is 2. The SMILES string of the molecule is Cc1ccc(N2C[C@H](C(=O)Nc3c(C)cc(C)cc3C)CC2=O)cc1. The second kappa shape index (κ2) is 6.71. The van der Waals surface area contributed by atoms with E-state index >= 15 is 0 Å². The number of hydrogen-bond donors (Lipinski definition) is 1. The lowest BCUT2D eigenvalue weighted by Crippen LogP contribution is -2.28. The highest BCUT2D eigenvalue weighted by molar-refractivity contribution is 6.04. The van der Waals surface area contributed by atoms with E-state index in [1.54, 1.807) is 4.90 Å². The standard InChI is InChI=1S/C21H24N2O2/c1-13-5-7-18(8-6-13)23-12-17(11-19(23)24)21(25)22-20-15(3)9-14(2)10-16(20)4/h5-10,17H,11-12H2,1-4H3,(H,22,25)/t17-/m1/s1. The fourth-order valence-electron chi connectivity index (χ4n) is 3.46. The van der Waals surface area contributed by atoms with Crippen molar-refractivity contribution in [3.05, 3.63) is 58.7 Å². The van der Waals surface area contributed by atoms with E-state index in [1.807, 2.05) is 52.0 Å². The maximum absolute atomic E-state index is 12.7. The van der Waals surface area contributed by atoms with Crippen molar-refractivity contribution in [1.82, 2.24) is 0 Å². The lowest BCUT2D eigenvalue weighted by molar-refractivity contribution is -0.122. The molecule has 0 aliphatic carbocycles. The van der Waals surface area contributed by atoms with Crippen LogP contribution in [0.15, 0.2) is 36.4 Å². The van der Waals surface area contributed by atoms with Gasteiger partial charge in [0.05, 0.1) is 5.92 Å². The maximum Gasteiger partial charge on any atom is 0.229 e. The van der Waals surface area contributed by atoms with E-state index in [0.29, 0.717) is 6.54 Å². The normalized spacial score (nSPS) is 17.0. The zero-order chi connectivity index (χ0) is 18.1. The molecule has 25 heavy (non-hydrogen) atoms. The Morgan fingerprint density at radius 3 is 2.20 bits per heavy atom. The predicted molar refractivity (Wildman–Crippen MR) is 101 cm³/mol. The third-order valence-corrected chi connectivity index (χ3v) is 4.77. The number of anilines is 2. The van der Waals surface area contributed by atoms with Crippen LogP contribution in [-0.4, -0.2) is 18.4 Å². The smallest absolute Gasteiger partial charge is 0.229 e. The molecule has 1 atom stereocenters. The highest BCUT2D eigenvalue weighted by Gasteiger charge is 2.35. The van der Waals surface area contributed by atoms with Crippen molar-refractivity contribution in [1.29, 1.82) is 0 Å². The molecule has 0 radical (unpaired) electrons. The van der Waals surface area contributed by atoms with Crippen molar-refractivity contribution < 1.29 is 9.59 Å². The van der Waals surface area contributed by atoms with E-state index in [0.717, 1.165) is 28.1 Å². The van der Waals surface area contributed by atoms with Gasteiger partial charge in [-0.2, -0.15) is 0 Å². The Hall–Kier alpha value is -2.62. The average molecular weight is 336 g/mol. The molecular weight excluding hydrogens is 312 g/mol. The summed E-state index contributed by atoms with van der Waals surface area (Å²) in [6.45, 7) is 8.47. The van der Waals surface area contributed by atoms with Gasteiger partial charge in [0.2, 0.25) is 11.8 Å². The van der Waals surface area contributed by atoms with Crippen LogP contribution in [0.25, 0.3) is 0 Å². The Morgan fingerprint density at radius 2 is 1.60 bits per heavy atom. The Morgan fingerprint density at radius 1 is 1.00 bits per heavy atom. The minimum Gasteiger partial charge on any atom is -0.325 e. The third kappa shape index (κ3) is 3.58. The number of nitrogens with zero attached hydrogens (tertiary/aromatic N) is 1. The van der Waals surface area contributed by atoms with Gasteiger partial charge in [-0.15, -0.1) is 0 Å². The number of carbonyl (C=O) groups excluding carboxylic acids is 2. The van der Waals surface area contributed by atoms with E-state index in [-0.39, 0.29) is 24.2 Å². The quantitative estimate of drug-likeness (QED) is 0.924. The van der Waals surface area contributed by atoms with Crippen molar-refractivity contribution in [2.75, 3.05) is 16.8 Å². The zero-order valence-electron chi connectivity index (χ0n) is 15.2. The molecule has 1 N–H and O–H groups in total. The molecule has 4 nitrogen and oxygen atoms in total. The number of rotatable bonds is 3. The minimum absolute atomic E-state index is 0.00125. The van der Waals surface area contributed by atoms with Gasteiger partial charge >= 0.3 is 0 Å². The molecule has 1 saturated heterocycles. The molecular formula is C21H24N2O2. The highest BCUT2D eigenvalue weighted by Crippen LogP contribution is 2.28. The summed E-state index contributed by atoms with van der Waals surface area (Å²) in [4.78, 5) is 26.7. The van der Waals surface area contributed by atoms with Gasteiger partial charge in [0.1, 0.15) is 0 Å².